The number of ether oxygens (including phenoxy) is 1. The summed E-state index contributed by atoms with van der Waals surface area (Å²) in [6.45, 7) is 3.46. The molecule has 2 amide bonds. The third-order valence-electron chi connectivity index (χ3n) is 3.67. The second-order valence-electron chi connectivity index (χ2n) is 5.88. The Labute approximate surface area is 141 Å². The van der Waals surface area contributed by atoms with Crippen LogP contribution in [0.5, 0.6) is 0 Å². The standard InChI is InChI=1S/C17H24N2O5/c1-11(16(22)24-4)9-13-5-7-14(8-6-13)18-17(23)19(3)10-12(2)15(20)21/h5-8,11-12H,9-10H2,1-4H3,(H,18,23)(H,20,21). The number of esters is 1. The number of benzene rings is 1. The number of aliphatic carboxylic acids is 1. The maximum absolute atomic E-state index is 12.0. The molecule has 24 heavy (non-hydrogen) atoms. The van der Waals surface area contributed by atoms with Crippen molar-refractivity contribution < 1.29 is 24.2 Å². The van der Waals surface area contributed by atoms with Crippen molar-refractivity contribution in [2.75, 3.05) is 26.0 Å². The van der Waals surface area contributed by atoms with Crippen LogP contribution in [0, 0.1) is 11.8 Å². The zero-order valence-electron chi connectivity index (χ0n) is 14.4. The van der Waals surface area contributed by atoms with Crippen molar-refractivity contribution >= 4 is 23.7 Å². The molecule has 0 radical (unpaired) electrons. The molecule has 2 unspecified atom stereocenters. The number of nitrogens with one attached hydrogen (secondary N) is 1. The van der Waals surface area contributed by atoms with Crippen molar-refractivity contribution in [1.29, 1.82) is 0 Å². The average molecular weight is 336 g/mol. The van der Waals surface area contributed by atoms with E-state index in [1.165, 1.54) is 12.0 Å². The molecule has 0 heterocycles. The van der Waals surface area contributed by atoms with Gasteiger partial charge in [0, 0.05) is 19.3 Å². The van der Waals surface area contributed by atoms with Crippen LogP contribution in [0.15, 0.2) is 24.3 Å². The minimum absolute atomic E-state index is 0.121. The fourth-order valence-corrected chi connectivity index (χ4v) is 2.15. The second kappa shape index (κ2) is 8.90. The van der Waals surface area contributed by atoms with Gasteiger partial charge in [0.15, 0.2) is 0 Å². The van der Waals surface area contributed by atoms with Gasteiger partial charge in [-0.2, -0.15) is 0 Å². The van der Waals surface area contributed by atoms with Crippen molar-refractivity contribution in [2.24, 2.45) is 11.8 Å². The van der Waals surface area contributed by atoms with E-state index < -0.39 is 11.9 Å². The number of hydrogen-bond donors (Lipinski definition) is 2. The molecule has 7 nitrogen and oxygen atoms in total. The van der Waals surface area contributed by atoms with Gasteiger partial charge in [-0.15, -0.1) is 0 Å². The van der Waals surface area contributed by atoms with Crippen LogP contribution in [0.25, 0.3) is 0 Å². The number of rotatable bonds is 7. The van der Waals surface area contributed by atoms with E-state index in [0.717, 1.165) is 5.56 Å². The molecular formula is C17H24N2O5. The molecule has 2 atom stereocenters. The van der Waals surface area contributed by atoms with Crippen molar-refractivity contribution in [1.82, 2.24) is 4.90 Å². The number of hydrogen-bond acceptors (Lipinski definition) is 4. The molecule has 1 aromatic carbocycles. The number of carbonyl (C=O) groups is 3. The quantitative estimate of drug-likeness (QED) is 0.744. The third kappa shape index (κ3) is 5.91. The molecule has 1 rings (SSSR count). The summed E-state index contributed by atoms with van der Waals surface area (Å²) in [5, 5.41) is 11.6. The van der Waals surface area contributed by atoms with E-state index >= 15 is 0 Å². The molecule has 0 saturated carbocycles. The molecule has 0 bridgehead atoms. The van der Waals surface area contributed by atoms with Crippen molar-refractivity contribution in [3.63, 3.8) is 0 Å². The molecule has 2 N–H and O–H groups in total. The van der Waals surface area contributed by atoms with Gasteiger partial charge < -0.3 is 20.1 Å². The van der Waals surface area contributed by atoms with Crippen LogP contribution in [0.2, 0.25) is 0 Å². The number of urea groups is 1. The molecule has 132 valence electrons. The Morgan fingerprint density at radius 3 is 2.25 bits per heavy atom. The monoisotopic (exact) mass is 336 g/mol. The van der Waals surface area contributed by atoms with Gasteiger partial charge in [-0.1, -0.05) is 26.0 Å². The highest BCUT2D eigenvalue weighted by molar-refractivity contribution is 5.89. The first-order valence-corrected chi connectivity index (χ1v) is 7.66. The molecule has 0 aliphatic carbocycles. The van der Waals surface area contributed by atoms with E-state index in [-0.39, 0.29) is 24.5 Å². The number of amides is 2. The molecule has 7 heteroatoms. The van der Waals surface area contributed by atoms with Gasteiger partial charge in [0.2, 0.25) is 0 Å². The van der Waals surface area contributed by atoms with E-state index in [0.29, 0.717) is 12.1 Å². The molecule has 0 spiro atoms. The normalized spacial score (nSPS) is 12.8. The van der Waals surface area contributed by atoms with Crippen LogP contribution >= 0.6 is 0 Å². The Morgan fingerprint density at radius 1 is 1.17 bits per heavy atom. The number of carbonyl (C=O) groups excluding carboxylic acids is 2. The van der Waals surface area contributed by atoms with E-state index in [1.54, 1.807) is 33.0 Å². The van der Waals surface area contributed by atoms with Gasteiger partial charge in [0.25, 0.3) is 0 Å². The average Bonchev–Trinajstić information content (AvgIpc) is 2.55. The van der Waals surface area contributed by atoms with Crippen molar-refractivity contribution in [3.05, 3.63) is 29.8 Å². The zero-order chi connectivity index (χ0) is 18.3. The Hall–Kier alpha value is -2.57. The van der Waals surface area contributed by atoms with Crippen LogP contribution < -0.4 is 5.32 Å². The van der Waals surface area contributed by atoms with E-state index in [9.17, 15) is 14.4 Å². The lowest BCUT2D eigenvalue weighted by Crippen LogP contribution is -2.36. The molecule has 0 saturated heterocycles. The predicted octanol–water partition coefficient (Wildman–Crippen LogP) is 2.22. The van der Waals surface area contributed by atoms with Crippen LogP contribution in [0.3, 0.4) is 0 Å². The zero-order valence-corrected chi connectivity index (χ0v) is 14.4. The molecular weight excluding hydrogens is 312 g/mol. The Balaban J connectivity index is 2.58. The highest BCUT2D eigenvalue weighted by Crippen LogP contribution is 2.14. The Kier molecular flexibility index (Phi) is 7.23. The summed E-state index contributed by atoms with van der Waals surface area (Å²) in [7, 11) is 2.90. The summed E-state index contributed by atoms with van der Waals surface area (Å²) in [6, 6.07) is 6.76. The van der Waals surface area contributed by atoms with Gasteiger partial charge in [-0.25, -0.2) is 4.79 Å². The van der Waals surface area contributed by atoms with Gasteiger partial charge in [-0.05, 0) is 24.1 Å². The second-order valence-corrected chi connectivity index (χ2v) is 5.88. The highest BCUT2D eigenvalue weighted by Gasteiger charge is 2.17. The van der Waals surface area contributed by atoms with Crippen molar-refractivity contribution in [2.45, 2.75) is 20.3 Å². The van der Waals surface area contributed by atoms with E-state index in [4.69, 9.17) is 9.84 Å². The molecule has 1 aromatic rings. The first kappa shape index (κ1) is 19.5. The topological polar surface area (TPSA) is 95.9 Å². The van der Waals surface area contributed by atoms with Gasteiger partial charge >= 0.3 is 18.0 Å². The molecule has 0 aromatic heterocycles. The summed E-state index contributed by atoms with van der Waals surface area (Å²) >= 11 is 0. The summed E-state index contributed by atoms with van der Waals surface area (Å²) in [4.78, 5) is 35.6. The summed E-state index contributed by atoms with van der Waals surface area (Å²) < 4.78 is 4.69. The number of methoxy groups -OCH3 is 1. The first-order valence-electron chi connectivity index (χ1n) is 7.66. The van der Waals surface area contributed by atoms with Crippen LogP contribution in [0.4, 0.5) is 10.5 Å². The fraction of sp³-hybridized carbons (Fsp3) is 0.471. The fourth-order valence-electron chi connectivity index (χ4n) is 2.15. The lowest BCUT2D eigenvalue weighted by molar-refractivity contribution is -0.145. The molecule has 0 aliphatic rings. The van der Waals surface area contributed by atoms with E-state index in [1.807, 2.05) is 12.1 Å². The van der Waals surface area contributed by atoms with Gasteiger partial charge in [0.05, 0.1) is 18.9 Å². The van der Waals surface area contributed by atoms with Gasteiger partial charge in [-0.3, -0.25) is 9.59 Å². The largest absolute Gasteiger partial charge is 0.481 e. The van der Waals surface area contributed by atoms with Crippen LogP contribution in [-0.2, 0) is 20.7 Å². The lowest BCUT2D eigenvalue weighted by atomic mass is 10.0. The number of carboxylic acids is 1. The minimum Gasteiger partial charge on any atom is -0.481 e. The molecule has 0 fully saturated rings. The Morgan fingerprint density at radius 2 is 1.75 bits per heavy atom. The summed E-state index contributed by atoms with van der Waals surface area (Å²) in [5.74, 6) is -2.08. The predicted molar refractivity (Wildman–Crippen MR) is 89.8 cm³/mol. The smallest absolute Gasteiger partial charge is 0.321 e. The van der Waals surface area contributed by atoms with E-state index in [2.05, 4.69) is 5.32 Å². The Bertz CT molecular complexity index is 585. The highest BCUT2D eigenvalue weighted by atomic mass is 16.5. The maximum atomic E-state index is 12.0. The first-order chi connectivity index (χ1) is 11.2. The summed E-state index contributed by atoms with van der Waals surface area (Å²) in [6.07, 6.45) is 0.553. The minimum atomic E-state index is -0.946. The lowest BCUT2D eigenvalue weighted by Gasteiger charge is -2.20. The maximum Gasteiger partial charge on any atom is 0.321 e. The van der Waals surface area contributed by atoms with Crippen LogP contribution in [-0.4, -0.2) is 48.7 Å². The molecule has 0 aliphatic heterocycles. The van der Waals surface area contributed by atoms with Gasteiger partial charge in [0.1, 0.15) is 0 Å². The number of anilines is 1. The number of carboxylic acid groups (broad SMARTS) is 1. The SMILES string of the molecule is COC(=O)C(C)Cc1ccc(NC(=O)N(C)CC(C)C(=O)O)cc1. The van der Waals surface area contributed by atoms with Crippen LogP contribution in [0.1, 0.15) is 19.4 Å². The van der Waals surface area contributed by atoms with Crippen molar-refractivity contribution in [3.8, 4) is 0 Å². The number of nitrogens with zero attached hydrogens (tertiary/aromatic N) is 1. The third-order valence-corrected chi connectivity index (χ3v) is 3.67. The summed E-state index contributed by atoms with van der Waals surface area (Å²) in [5.41, 5.74) is 1.56.